The van der Waals surface area contributed by atoms with Crippen LogP contribution in [0.4, 0.5) is 0 Å². The van der Waals surface area contributed by atoms with Gasteiger partial charge in [0, 0.05) is 0 Å². The lowest BCUT2D eigenvalue weighted by atomic mass is 9.42. The molecule has 4 aliphatic carbocycles. The first-order valence-corrected chi connectivity index (χ1v) is 14.3. The highest BCUT2D eigenvalue weighted by atomic mass is 16.3. The van der Waals surface area contributed by atoms with E-state index in [1.165, 1.54) is 57.8 Å². The SMILES string of the molecule is CC[C@H](CC[C@@H](C)C1CCC2[C@@H]3C(C)C[C@@H]4C[C@H](O)CC[C@]4(C)C3CC[C@@]21C)C(C)C. The van der Waals surface area contributed by atoms with Gasteiger partial charge in [-0.1, -0.05) is 61.3 Å². The van der Waals surface area contributed by atoms with E-state index in [9.17, 15) is 5.11 Å². The Hall–Kier alpha value is -0.0400. The number of aliphatic hydroxyl groups is 1. The predicted molar refractivity (Wildman–Crippen MR) is 133 cm³/mol. The zero-order chi connectivity index (χ0) is 22.6. The summed E-state index contributed by atoms with van der Waals surface area (Å²) in [6, 6.07) is 0. The minimum Gasteiger partial charge on any atom is -0.393 e. The number of rotatable bonds is 6. The van der Waals surface area contributed by atoms with Gasteiger partial charge in [-0.25, -0.2) is 0 Å². The van der Waals surface area contributed by atoms with Crippen LogP contribution in [0.25, 0.3) is 0 Å². The molecule has 0 aromatic heterocycles. The molecule has 180 valence electrons. The van der Waals surface area contributed by atoms with Gasteiger partial charge in [0.25, 0.3) is 0 Å². The van der Waals surface area contributed by atoms with Gasteiger partial charge in [-0.3, -0.25) is 0 Å². The average Bonchev–Trinajstić information content (AvgIpc) is 3.06. The van der Waals surface area contributed by atoms with Crippen molar-refractivity contribution in [2.24, 2.45) is 64.1 Å². The highest BCUT2D eigenvalue weighted by Crippen LogP contribution is 2.69. The summed E-state index contributed by atoms with van der Waals surface area (Å²) in [6.45, 7) is 17.8. The van der Waals surface area contributed by atoms with Crippen LogP contribution in [0.3, 0.4) is 0 Å². The van der Waals surface area contributed by atoms with Crippen LogP contribution < -0.4 is 0 Å². The Morgan fingerprint density at radius 2 is 1.55 bits per heavy atom. The predicted octanol–water partition coefficient (Wildman–Crippen LogP) is 8.35. The number of fused-ring (bicyclic) bond motifs is 5. The highest BCUT2D eigenvalue weighted by Gasteiger charge is 2.62. The van der Waals surface area contributed by atoms with Gasteiger partial charge in [-0.15, -0.1) is 0 Å². The summed E-state index contributed by atoms with van der Waals surface area (Å²) in [5, 5.41) is 10.4. The number of hydrogen-bond acceptors (Lipinski definition) is 1. The maximum Gasteiger partial charge on any atom is 0.0543 e. The van der Waals surface area contributed by atoms with Gasteiger partial charge in [-0.05, 0) is 122 Å². The van der Waals surface area contributed by atoms with Crippen molar-refractivity contribution in [2.45, 2.75) is 125 Å². The molecule has 4 rings (SSSR count). The molecular weight excluding hydrogens is 376 g/mol. The van der Waals surface area contributed by atoms with Crippen molar-refractivity contribution >= 4 is 0 Å². The Kier molecular flexibility index (Phi) is 6.96. The molecule has 0 aromatic carbocycles. The van der Waals surface area contributed by atoms with Crippen molar-refractivity contribution in [2.75, 3.05) is 0 Å². The molecule has 1 N–H and O–H groups in total. The second kappa shape index (κ2) is 8.96. The van der Waals surface area contributed by atoms with Crippen LogP contribution >= 0.6 is 0 Å². The molecule has 0 bridgehead atoms. The highest BCUT2D eigenvalue weighted by molar-refractivity contribution is 5.11. The van der Waals surface area contributed by atoms with Crippen molar-refractivity contribution in [1.82, 2.24) is 0 Å². The van der Waals surface area contributed by atoms with Gasteiger partial charge < -0.3 is 5.11 Å². The van der Waals surface area contributed by atoms with Crippen LogP contribution in [0.15, 0.2) is 0 Å². The fraction of sp³-hybridized carbons (Fsp3) is 1.00. The van der Waals surface area contributed by atoms with E-state index in [0.717, 1.165) is 66.1 Å². The minimum absolute atomic E-state index is 0.0230. The zero-order valence-electron chi connectivity index (χ0n) is 22.0. The van der Waals surface area contributed by atoms with Gasteiger partial charge in [0.2, 0.25) is 0 Å². The van der Waals surface area contributed by atoms with Crippen LogP contribution in [0.1, 0.15) is 119 Å². The summed E-state index contributed by atoms with van der Waals surface area (Å²) in [5.41, 5.74) is 1.10. The Morgan fingerprint density at radius 1 is 0.871 bits per heavy atom. The second-order valence-corrected chi connectivity index (χ2v) is 13.8. The van der Waals surface area contributed by atoms with Crippen molar-refractivity contribution in [3.05, 3.63) is 0 Å². The Morgan fingerprint density at radius 3 is 2.23 bits per heavy atom. The summed E-state index contributed by atoms with van der Waals surface area (Å²) in [6.07, 6.45) is 15.0. The first kappa shape index (κ1) is 24.1. The Balaban J connectivity index is 1.49. The molecule has 4 aliphatic rings. The lowest BCUT2D eigenvalue weighted by molar-refractivity contribution is -0.150. The van der Waals surface area contributed by atoms with E-state index in [0.29, 0.717) is 10.8 Å². The second-order valence-electron chi connectivity index (χ2n) is 13.8. The molecule has 0 saturated heterocycles. The summed E-state index contributed by atoms with van der Waals surface area (Å²) < 4.78 is 0. The molecule has 4 fully saturated rings. The molecule has 0 aromatic rings. The van der Waals surface area contributed by atoms with Gasteiger partial charge in [0.15, 0.2) is 0 Å². The fourth-order valence-corrected chi connectivity index (χ4v) is 10.3. The molecule has 0 amide bonds. The van der Waals surface area contributed by atoms with Crippen LogP contribution in [0.5, 0.6) is 0 Å². The van der Waals surface area contributed by atoms with Gasteiger partial charge in [0.1, 0.15) is 0 Å². The molecule has 0 heterocycles. The molecule has 31 heavy (non-hydrogen) atoms. The molecule has 0 radical (unpaired) electrons. The summed E-state index contributed by atoms with van der Waals surface area (Å²) in [4.78, 5) is 0. The van der Waals surface area contributed by atoms with E-state index >= 15 is 0 Å². The van der Waals surface area contributed by atoms with E-state index in [1.54, 1.807) is 0 Å². The smallest absolute Gasteiger partial charge is 0.0543 e. The fourth-order valence-electron chi connectivity index (χ4n) is 10.3. The lowest BCUT2D eigenvalue weighted by Crippen LogP contribution is -2.56. The molecule has 11 atom stereocenters. The summed E-state index contributed by atoms with van der Waals surface area (Å²) >= 11 is 0. The summed E-state index contributed by atoms with van der Waals surface area (Å²) in [7, 11) is 0. The zero-order valence-corrected chi connectivity index (χ0v) is 22.0. The molecule has 1 heteroatoms. The third-order valence-electron chi connectivity index (χ3n) is 12.2. The third-order valence-corrected chi connectivity index (χ3v) is 12.2. The minimum atomic E-state index is -0.0230. The molecule has 4 unspecified atom stereocenters. The van der Waals surface area contributed by atoms with Gasteiger partial charge >= 0.3 is 0 Å². The van der Waals surface area contributed by atoms with E-state index in [4.69, 9.17) is 0 Å². The largest absolute Gasteiger partial charge is 0.393 e. The first-order valence-electron chi connectivity index (χ1n) is 14.3. The van der Waals surface area contributed by atoms with E-state index in [-0.39, 0.29) is 6.10 Å². The maximum absolute atomic E-state index is 10.4. The van der Waals surface area contributed by atoms with E-state index in [1.807, 2.05) is 0 Å². The molecule has 4 saturated carbocycles. The van der Waals surface area contributed by atoms with Gasteiger partial charge in [-0.2, -0.15) is 0 Å². The van der Waals surface area contributed by atoms with Crippen molar-refractivity contribution in [3.63, 3.8) is 0 Å². The Labute approximate surface area is 194 Å². The van der Waals surface area contributed by atoms with Crippen molar-refractivity contribution in [1.29, 1.82) is 0 Å². The quantitative estimate of drug-likeness (QED) is 0.449. The molecule has 1 nitrogen and oxygen atoms in total. The van der Waals surface area contributed by atoms with Crippen LogP contribution in [-0.2, 0) is 0 Å². The number of aliphatic hydroxyl groups excluding tert-OH is 1. The number of hydrogen-bond donors (Lipinski definition) is 1. The van der Waals surface area contributed by atoms with Crippen LogP contribution in [0, 0.1) is 64.1 Å². The molecule has 0 spiro atoms. The lowest BCUT2D eigenvalue weighted by Gasteiger charge is -2.63. The van der Waals surface area contributed by atoms with Crippen molar-refractivity contribution < 1.29 is 5.11 Å². The summed E-state index contributed by atoms with van der Waals surface area (Å²) in [5.74, 6) is 8.07. The van der Waals surface area contributed by atoms with Crippen molar-refractivity contribution in [3.8, 4) is 0 Å². The van der Waals surface area contributed by atoms with Gasteiger partial charge in [0.05, 0.1) is 6.10 Å². The Bertz CT molecular complexity index is 612. The van der Waals surface area contributed by atoms with E-state index in [2.05, 4.69) is 48.5 Å². The van der Waals surface area contributed by atoms with Crippen LogP contribution in [-0.4, -0.2) is 11.2 Å². The standard InChI is InChI=1S/C30H54O/c1-8-22(19(2)3)10-9-20(4)25-11-12-26-28-21(5)17-23-18-24(31)13-15-29(23,6)27(28)14-16-30(25,26)7/h19-28,31H,8-18H2,1-7H3/t20-,21?,22-,23-,24-,25?,26?,27?,28+,29+,30-/m1/s1. The molecule has 0 aliphatic heterocycles. The monoisotopic (exact) mass is 430 g/mol. The topological polar surface area (TPSA) is 20.2 Å². The van der Waals surface area contributed by atoms with Crippen LogP contribution in [0.2, 0.25) is 0 Å². The maximum atomic E-state index is 10.4. The third kappa shape index (κ3) is 4.06. The normalized spacial score (nSPS) is 49.3. The van der Waals surface area contributed by atoms with E-state index < -0.39 is 0 Å². The first-order chi connectivity index (χ1) is 14.6. The average molecular weight is 431 g/mol. The molecular formula is C30H54O.